The van der Waals surface area contributed by atoms with Gasteiger partial charge >= 0.3 is 0 Å². The summed E-state index contributed by atoms with van der Waals surface area (Å²) < 4.78 is 0. The van der Waals surface area contributed by atoms with E-state index in [1.807, 2.05) is 37.3 Å². The second-order valence-corrected chi connectivity index (χ2v) is 4.62. The summed E-state index contributed by atoms with van der Waals surface area (Å²) in [6, 6.07) is 14.5. The molecule has 0 aliphatic carbocycles. The number of aromatic nitrogens is 1. The van der Waals surface area contributed by atoms with Crippen molar-refractivity contribution in [2.75, 3.05) is 0 Å². The van der Waals surface area contributed by atoms with Crippen molar-refractivity contribution in [2.24, 2.45) is 0 Å². The Morgan fingerprint density at radius 3 is 2.65 bits per heavy atom. The lowest BCUT2D eigenvalue weighted by Gasteiger charge is -2.06. The first-order valence-electron chi connectivity index (χ1n) is 6.74. The monoisotopic (exact) mass is 261 g/mol. The van der Waals surface area contributed by atoms with Crippen LogP contribution in [0.3, 0.4) is 0 Å². The molecule has 0 saturated carbocycles. The zero-order valence-corrected chi connectivity index (χ0v) is 12.0. The molecule has 0 amide bonds. The average Bonchev–Trinajstić information content (AvgIpc) is 2.48. The molecule has 1 heteroatoms. The number of rotatable bonds is 4. The smallest absolute Gasteiger partial charge is 0.0709 e. The Hall–Kier alpha value is -2.41. The summed E-state index contributed by atoms with van der Waals surface area (Å²) in [4.78, 5) is 4.75. The third-order valence-corrected chi connectivity index (χ3v) is 3.08. The Balaban J connectivity index is 2.42. The van der Waals surface area contributed by atoms with Gasteiger partial charge in [0.05, 0.1) is 11.4 Å². The van der Waals surface area contributed by atoms with Crippen LogP contribution >= 0.6 is 0 Å². The number of nitrogens with zero attached hydrogens (tertiary/aromatic N) is 1. The van der Waals surface area contributed by atoms with Gasteiger partial charge in [0.2, 0.25) is 0 Å². The van der Waals surface area contributed by atoms with Crippen molar-refractivity contribution in [3.05, 3.63) is 84.6 Å². The van der Waals surface area contributed by atoms with Gasteiger partial charge in [-0.3, -0.25) is 0 Å². The molecule has 0 bridgehead atoms. The van der Waals surface area contributed by atoms with Crippen LogP contribution in [0.25, 0.3) is 16.8 Å². The van der Waals surface area contributed by atoms with E-state index >= 15 is 0 Å². The zero-order chi connectivity index (χ0) is 14.4. The Morgan fingerprint density at radius 2 is 1.95 bits per heavy atom. The summed E-state index contributed by atoms with van der Waals surface area (Å²) in [5.41, 5.74) is 5.46. The van der Waals surface area contributed by atoms with Gasteiger partial charge in [-0.25, -0.2) is 4.98 Å². The molecule has 0 spiro atoms. The van der Waals surface area contributed by atoms with Crippen molar-refractivity contribution in [1.82, 2.24) is 4.98 Å². The SMILES string of the molecule is C=C/C=C\C(=C/C)c1cccc(-c2cccc(C)c2)n1. The van der Waals surface area contributed by atoms with Gasteiger partial charge in [0.25, 0.3) is 0 Å². The molecule has 0 unspecified atom stereocenters. The highest BCUT2D eigenvalue weighted by Gasteiger charge is 2.03. The van der Waals surface area contributed by atoms with Crippen LogP contribution in [0.1, 0.15) is 18.2 Å². The van der Waals surface area contributed by atoms with Crippen LogP contribution in [0.15, 0.2) is 73.3 Å². The topological polar surface area (TPSA) is 12.9 Å². The molecule has 0 radical (unpaired) electrons. The van der Waals surface area contributed by atoms with Crippen molar-refractivity contribution < 1.29 is 0 Å². The van der Waals surface area contributed by atoms with E-state index in [0.717, 1.165) is 22.5 Å². The maximum absolute atomic E-state index is 4.75. The van der Waals surface area contributed by atoms with Crippen molar-refractivity contribution in [3.8, 4) is 11.3 Å². The lowest BCUT2D eigenvalue weighted by Crippen LogP contribution is -1.90. The van der Waals surface area contributed by atoms with Crippen LogP contribution in [0.5, 0.6) is 0 Å². The van der Waals surface area contributed by atoms with Crippen LogP contribution in [0.4, 0.5) is 0 Å². The molecule has 0 fully saturated rings. The molecule has 1 aromatic carbocycles. The van der Waals surface area contributed by atoms with Gasteiger partial charge in [-0.05, 0) is 37.6 Å². The van der Waals surface area contributed by atoms with Crippen molar-refractivity contribution in [1.29, 1.82) is 0 Å². The van der Waals surface area contributed by atoms with E-state index in [2.05, 4.69) is 43.8 Å². The van der Waals surface area contributed by atoms with E-state index < -0.39 is 0 Å². The van der Waals surface area contributed by atoms with Gasteiger partial charge in [-0.2, -0.15) is 0 Å². The minimum absolute atomic E-state index is 0.976. The average molecular weight is 261 g/mol. The lowest BCUT2D eigenvalue weighted by molar-refractivity contribution is 1.27. The highest BCUT2D eigenvalue weighted by Crippen LogP contribution is 2.21. The predicted octanol–water partition coefficient (Wildman–Crippen LogP) is 5.20. The van der Waals surface area contributed by atoms with E-state index in [-0.39, 0.29) is 0 Å². The third-order valence-electron chi connectivity index (χ3n) is 3.08. The molecule has 2 rings (SSSR count). The van der Waals surface area contributed by atoms with Crippen LogP contribution in [0.2, 0.25) is 0 Å². The van der Waals surface area contributed by atoms with Crippen LogP contribution < -0.4 is 0 Å². The Morgan fingerprint density at radius 1 is 1.15 bits per heavy atom. The Kier molecular flexibility index (Phi) is 4.67. The first kappa shape index (κ1) is 14.0. The fourth-order valence-corrected chi connectivity index (χ4v) is 2.06. The summed E-state index contributed by atoms with van der Waals surface area (Å²) >= 11 is 0. The molecule has 2 aromatic rings. The quantitative estimate of drug-likeness (QED) is 0.689. The number of pyridine rings is 1. The van der Waals surface area contributed by atoms with E-state index in [1.54, 1.807) is 6.08 Å². The Bertz CT molecular complexity index is 663. The number of hydrogen-bond donors (Lipinski definition) is 0. The number of allylic oxidation sites excluding steroid dienone is 5. The fourth-order valence-electron chi connectivity index (χ4n) is 2.06. The zero-order valence-electron chi connectivity index (χ0n) is 12.0. The first-order chi connectivity index (χ1) is 9.74. The van der Waals surface area contributed by atoms with Crippen molar-refractivity contribution >= 4 is 5.57 Å². The van der Waals surface area contributed by atoms with Gasteiger partial charge in [-0.15, -0.1) is 0 Å². The molecule has 0 aliphatic heterocycles. The first-order valence-corrected chi connectivity index (χ1v) is 6.74. The summed E-state index contributed by atoms with van der Waals surface area (Å²) in [6.45, 7) is 7.81. The maximum atomic E-state index is 4.75. The molecular formula is C19H19N. The van der Waals surface area contributed by atoms with E-state index in [4.69, 9.17) is 4.98 Å². The molecule has 0 aliphatic rings. The predicted molar refractivity (Wildman–Crippen MR) is 87.4 cm³/mol. The van der Waals surface area contributed by atoms with Gasteiger partial charge in [0.15, 0.2) is 0 Å². The molecular weight excluding hydrogens is 242 g/mol. The van der Waals surface area contributed by atoms with Gasteiger partial charge in [0.1, 0.15) is 0 Å². The second-order valence-electron chi connectivity index (χ2n) is 4.62. The summed E-state index contributed by atoms with van der Waals surface area (Å²) in [6.07, 6.45) is 7.78. The summed E-state index contributed by atoms with van der Waals surface area (Å²) in [7, 11) is 0. The minimum atomic E-state index is 0.976. The second kappa shape index (κ2) is 6.67. The molecule has 1 nitrogen and oxygen atoms in total. The summed E-state index contributed by atoms with van der Waals surface area (Å²) in [5, 5.41) is 0. The van der Waals surface area contributed by atoms with E-state index in [9.17, 15) is 0 Å². The van der Waals surface area contributed by atoms with Crippen molar-refractivity contribution in [2.45, 2.75) is 13.8 Å². The molecule has 1 aromatic heterocycles. The fraction of sp³-hybridized carbons (Fsp3) is 0.105. The van der Waals surface area contributed by atoms with Crippen LogP contribution in [-0.2, 0) is 0 Å². The minimum Gasteiger partial charge on any atom is -0.248 e. The largest absolute Gasteiger partial charge is 0.248 e. The van der Waals surface area contributed by atoms with E-state index in [1.165, 1.54) is 5.56 Å². The van der Waals surface area contributed by atoms with Crippen LogP contribution in [0, 0.1) is 6.92 Å². The van der Waals surface area contributed by atoms with Gasteiger partial charge in [0, 0.05) is 5.56 Å². The standard InChI is InChI=1S/C19H19N/c1-4-6-10-16(5-2)18-12-8-13-19(20-18)17-11-7-9-15(3)14-17/h4-14H,1H2,2-3H3/b10-6-,16-5+. The normalized spacial score (nSPS) is 11.8. The van der Waals surface area contributed by atoms with Gasteiger partial charge in [-0.1, -0.05) is 60.7 Å². The van der Waals surface area contributed by atoms with Crippen molar-refractivity contribution in [3.63, 3.8) is 0 Å². The third kappa shape index (κ3) is 3.33. The molecule has 0 saturated heterocycles. The summed E-state index contributed by atoms with van der Waals surface area (Å²) in [5.74, 6) is 0. The number of hydrogen-bond acceptors (Lipinski definition) is 1. The van der Waals surface area contributed by atoms with Crippen LogP contribution in [-0.4, -0.2) is 4.98 Å². The molecule has 20 heavy (non-hydrogen) atoms. The molecule has 1 heterocycles. The highest BCUT2D eigenvalue weighted by molar-refractivity contribution is 5.73. The molecule has 0 N–H and O–H groups in total. The maximum Gasteiger partial charge on any atom is 0.0709 e. The highest BCUT2D eigenvalue weighted by atomic mass is 14.7. The van der Waals surface area contributed by atoms with E-state index in [0.29, 0.717) is 0 Å². The molecule has 0 atom stereocenters. The Labute approximate surface area is 121 Å². The van der Waals surface area contributed by atoms with Gasteiger partial charge < -0.3 is 0 Å². The number of benzene rings is 1. The number of aryl methyl sites for hydroxylation is 1. The lowest BCUT2D eigenvalue weighted by atomic mass is 10.1. The molecule has 100 valence electrons.